The predicted octanol–water partition coefficient (Wildman–Crippen LogP) is 6.74. The molecule has 0 saturated heterocycles. The lowest BCUT2D eigenvalue weighted by atomic mass is 9.66. The van der Waals surface area contributed by atoms with Gasteiger partial charge in [-0.1, -0.05) is 30.7 Å². The number of aromatic nitrogens is 2. The zero-order valence-corrected chi connectivity index (χ0v) is 18.5. The van der Waals surface area contributed by atoms with Crippen molar-refractivity contribution >= 4 is 28.8 Å². The zero-order valence-electron chi connectivity index (χ0n) is 18.5. The second kappa shape index (κ2) is 8.33. The van der Waals surface area contributed by atoms with E-state index in [2.05, 4.69) is 32.0 Å². The number of hydrogen-bond donors (Lipinski definition) is 3. The van der Waals surface area contributed by atoms with Crippen LogP contribution in [-0.2, 0) is 5.41 Å². The number of benzene rings is 3. The smallest absolute Gasteiger partial charge is 0.229 e. The lowest BCUT2D eigenvalue weighted by Gasteiger charge is -2.38. The molecule has 1 aliphatic heterocycles. The first-order valence-electron chi connectivity index (χ1n) is 11.4. The molecule has 4 aromatic rings. The Labute approximate surface area is 197 Å². The average Bonchev–Trinajstić information content (AvgIpc) is 3.23. The van der Waals surface area contributed by atoms with E-state index in [0.29, 0.717) is 17.1 Å². The summed E-state index contributed by atoms with van der Waals surface area (Å²) in [6, 6.07) is 23.2. The van der Waals surface area contributed by atoms with Gasteiger partial charge in [0.1, 0.15) is 11.5 Å². The molecule has 2 aliphatic rings. The van der Waals surface area contributed by atoms with E-state index in [0.717, 1.165) is 29.4 Å². The van der Waals surface area contributed by atoms with Gasteiger partial charge in [0.2, 0.25) is 5.95 Å². The molecule has 1 spiro atoms. The topological polar surface area (TPSA) is 71.1 Å². The molecule has 1 fully saturated rings. The molecule has 1 aliphatic carbocycles. The fourth-order valence-corrected chi connectivity index (χ4v) is 4.65. The lowest BCUT2D eigenvalue weighted by molar-refractivity contribution is 0.272. The fourth-order valence-electron chi connectivity index (χ4n) is 4.65. The van der Waals surface area contributed by atoms with Gasteiger partial charge in [-0.2, -0.15) is 4.98 Å². The van der Waals surface area contributed by atoms with Gasteiger partial charge in [0.05, 0.1) is 6.20 Å². The highest BCUT2D eigenvalue weighted by atomic mass is 19.1. The van der Waals surface area contributed by atoms with Crippen LogP contribution in [0.3, 0.4) is 0 Å². The third-order valence-electron chi connectivity index (χ3n) is 6.62. The van der Waals surface area contributed by atoms with Crippen molar-refractivity contribution in [3.8, 4) is 11.5 Å². The van der Waals surface area contributed by atoms with Crippen LogP contribution in [0.2, 0.25) is 0 Å². The van der Waals surface area contributed by atoms with Crippen LogP contribution in [-0.4, -0.2) is 16.5 Å². The maximum atomic E-state index is 14.5. The Morgan fingerprint density at radius 1 is 0.882 bits per heavy atom. The minimum atomic E-state index is -0.513. The predicted molar refractivity (Wildman–Crippen MR) is 132 cm³/mol. The number of fused-ring (bicyclic) bond motifs is 2. The number of halogens is 1. The van der Waals surface area contributed by atoms with Crippen molar-refractivity contribution in [1.82, 2.24) is 9.97 Å². The van der Waals surface area contributed by atoms with Crippen molar-refractivity contribution in [3.63, 3.8) is 0 Å². The molecule has 1 saturated carbocycles. The van der Waals surface area contributed by atoms with E-state index in [9.17, 15) is 4.39 Å². The first-order chi connectivity index (χ1) is 16.7. The van der Waals surface area contributed by atoms with E-state index in [1.165, 1.54) is 31.0 Å². The van der Waals surface area contributed by atoms with Crippen molar-refractivity contribution in [2.75, 3.05) is 22.5 Å². The summed E-state index contributed by atoms with van der Waals surface area (Å²) in [7, 11) is 0. The minimum absolute atomic E-state index is 0.123. The Morgan fingerprint density at radius 3 is 2.41 bits per heavy atom. The first kappa shape index (κ1) is 20.5. The molecule has 0 radical (unpaired) electrons. The van der Waals surface area contributed by atoms with E-state index in [-0.39, 0.29) is 5.82 Å². The molecule has 0 unspecified atom stereocenters. The summed E-state index contributed by atoms with van der Waals surface area (Å²) in [5.41, 5.74) is 4.34. The van der Waals surface area contributed by atoms with Crippen LogP contribution in [0.25, 0.3) is 0 Å². The first-order valence-corrected chi connectivity index (χ1v) is 11.4. The standard InChI is InChI=1S/C27H24FN5O/c28-23-16-29-26(32-18-7-10-21(11-8-18)34-20-5-2-1-3-6-20)33-25(23)31-19-9-12-22-24(15-19)30-17-27(22)13-4-14-27/h1-3,5-12,15-16,30H,4,13-14,17H2,(H2,29,31,32,33). The summed E-state index contributed by atoms with van der Waals surface area (Å²) in [6.07, 6.45) is 4.91. The zero-order chi connectivity index (χ0) is 23.0. The van der Waals surface area contributed by atoms with Crippen molar-refractivity contribution in [3.05, 3.63) is 90.4 Å². The summed E-state index contributed by atoms with van der Waals surface area (Å²) in [5, 5.41) is 9.73. The molecule has 7 heteroatoms. The normalized spacial score (nSPS) is 15.2. The van der Waals surface area contributed by atoms with Crippen LogP contribution in [0.15, 0.2) is 79.0 Å². The number of rotatable bonds is 6. The van der Waals surface area contributed by atoms with Crippen molar-refractivity contribution in [1.29, 1.82) is 0 Å². The van der Waals surface area contributed by atoms with Crippen molar-refractivity contribution in [2.24, 2.45) is 0 Å². The van der Waals surface area contributed by atoms with Gasteiger partial charge in [-0.15, -0.1) is 0 Å². The highest BCUT2D eigenvalue weighted by molar-refractivity contribution is 5.70. The summed E-state index contributed by atoms with van der Waals surface area (Å²) in [5.74, 6) is 1.39. The van der Waals surface area contributed by atoms with Gasteiger partial charge in [-0.3, -0.25) is 0 Å². The van der Waals surface area contributed by atoms with Gasteiger partial charge >= 0.3 is 0 Å². The van der Waals surface area contributed by atoms with E-state index >= 15 is 0 Å². The molecule has 3 N–H and O–H groups in total. The number of anilines is 5. The van der Waals surface area contributed by atoms with Crippen LogP contribution in [0, 0.1) is 5.82 Å². The summed E-state index contributed by atoms with van der Waals surface area (Å²) in [6.45, 7) is 0.983. The SMILES string of the molecule is Fc1cnc(Nc2ccc(Oc3ccccc3)cc2)nc1Nc1ccc2c(c1)NCC21CCC1. The van der Waals surface area contributed by atoms with Gasteiger partial charge < -0.3 is 20.7 Å². The Hall–Kier alpha value is -4.13. The summed E-state index contributed by atoms with van der Waals surface area (Å²) < 4.78 is 20.3. The molecular weight excluding hydrogens is 429 g/mol. The average molecular weight is 454 g/mol. The second-order valence-electron chi connectivity index (χ2n) is 8.83. The van der Waals surface area contributed by atoms with Crippen molar-refractivity contribution in [2.45, 2.75) is 24.7 Å². The second-order valence-corrected chi connectivity index (χ2v) is 8.83. The largest absolute Gasteiger partial charge is 0.457 e. The van der Waals surface area contributed by atoms with Gasteiger partial charge in [0.15, 0.2) is 11.6 Å². The van der Waals surface area contributed by atoms with Crippen LogP contribution in [0.1, 0.15) is 24.8 Å². The number of para-hydroxylation sites is 1. The number of nitrogens with one attached hydrogen (secondary N) is 3. The molecule has 6 nitrogen and oxygen atoms in total. The number of hydrogen-bond acceptors (Lipinski definition) is 6. The Bertz CT molecular complexity index is 1320. The van der Waals surface area contributed by atoms with Crippen LogP contribution in [0.5, 0.6) is 11.5 Å². The van der Waals surface area contributed by atoms with E-state index in [1.807, 2.05) is 66.7 Å². The van der Waals surface area contributed by atoms with Gasteiger partial charge in [0, 0.05) is 29.0 Å². The molecule has 0 bridgehead atoms. The number of nitrogens with zero attached hydrogens (tertiary/aromatic N) is 2. The van der Waals surface area contributed by atoms with Gasteiger partial charge in [-0.25, -0.2) is 9.37 Å². The monoisotopic (exact) mass is 453 g/mol. The maximum Gasteiger partial charge on any atom is 0.229 e. The third-order valence-corrected chi connectivity index (χ3v) is 6.62. The Balaban J connectivity index is 1.15. The van der Waals surface area contributed by atoms with Crippen LogP contribution >= 0.6 is 0 Å². The molecule has 2 heterocycles. The van der Waals surface area contributed by atoms with E-state index in [1.54, 1.807) is 0 Å². The Morgan fingerprint density at radius 2 is 1.65 bits per heavy atom. The van der Waals surface area contributed by atoms with Crippen molar-refractivity contribution < 1.29 is 9.13 Å². The van der Waals surface area contributed by atoms with E-state index in [4.69, 9.17) is 4.74 Å². The van der Waals surface area contributed by atoms with Gasteiger partial charge in [-0.05, 0) is 66.9 Å². The third kappa shape index (κ3) is 3.90. The fraction of sp³-hybridized carbons (Fsp3) is 0.185. The molecule has 1 aromatic heterocycles. The molecule has 6 rings (SSSR count). The highest BCUT2D eigenvalue weighted by Gasteiger charge is 2.43. The lowest BCUT2D eigenvalue weighted by Crippen LogP contribution is -2.35. The number of ether oxygens (including phenoxy) is 1. The Kier molecular flexibility index (Phi) is 5.02. The highest BCUT2D eigenvalue weighted by Crippen LogP contribution is 2.50. The molecule has 0 amide bonds. The summed E-state index contributed by atoms with van der Waals surface area (Å²) in [4.78, 5) is 8.42. The molecule has 3 aromatic carbocycles. The molecule has 170 valence electrons. The quantitative estimate of drug-likeness (QED) is 0.300. The van der Waals surface area contributed by atoms with Gasteiger partial charge in [0.25, 0.3) is 0 Å². The van der Waals surface area contributed by atoms with Crippen LogP contribution in [0.4, 0.5) is 33.2 Å². The maximum absolute atomic E-state index is 14.5. The molecule has 34 heavy (non-hydrogen) atoms. The van der Waals surface area contributed by atoms with E-state index < -0.39 is 5.82 Å². The minimum Gasteiger partial charge on any atom is -0.457 e. The molecular formula is C27H24FN5O. The molecule has 0 atom stereocenters. The summed E-state index contributed by atoms with van der Waals surface area (Å²) >= 11 is 0. The van der Waals surface area contributed by atoms with Crippen LogP contribution < -0.4 is 20.7 Å².